The molecule has 7 nitrogen and oxygen atoms in total. The van der Waals surface area contributed by atoms with Gasteiger partial charge in [-0.3, -0.25) is 9.48 Å². The van der Waals surface area contributed by atoms with Gasteiger partial charge in [0.25, 0.3) is 5.91 Å². The monoisotopic (exact) mass is 299 g/mol. The van der Waals surface area contributed by atoms with E-state index in [9.17, 15) is 9.59 Å². The lowest BCUT2D eigenvalue weighted by atomic mass is 10.2. The molecule has 1 fully saturated rings. The summed E-state index contributed by atoms with van der Waals surface area (Å²) in [5, 5.41) is 12.3. The van der Waals surface area contributed by atoms with Crippen molar-refractivity contribution in [2.75, 3.05) is 10.6 Å². The molecule has 0 unspecified atom stereocenters. The second kappa shape index (κ2) is 5.88. The predicted molar refractivity (Wildman–Crippen MR) is 82.8 cm³/mol. The number of carbonyl (C=O) groups excluding carboxylic acids is 2. The first kappa shape index (κ1) is 14.1. The molecule has 0 saturated heterocycles. The van der Waals surface area contributed by atoms with Crippen molar-refractivity contribution in [1.29, 1.82) is 0 Å². The Morgan fingerprint density at radius 2 is 1.77 bits per heavy atom. The number of rotatable bonds is 4. The minimum atomic E-state index is -0.222. The molecule has 1 aliphatic carbocycles. The second-order valence-electron chi connectivity index (χ2n) is 5.31. The smallest absolute Gasteiger partial charge is 0.319 e. The average molecular weight is 299 g/mol. The Bertz CT molecular complexity index is 688. The SMILES string of the molecule is Cn1cc(C(=O)Nc2ccc(NC(=O)NC3CC3)cc2)cn1. The third-order valence-electron chi connectivity index (χ3n) is 3.28. The van der Waals surface area contributed by atoms with Crippen LogP contribution in [-0.2, 0) is 7.05 Å². The zero-order valence-corrected chi connectivity index (χ0v) is 12.2. The van der Waals surface area contributed by atoms with Crippen molar-refractivity contribution in [2.45, 2.75) is 18.9 Å². The van der Waals surface area contributed by atoms with Gasteiger partial charge in [-0.25, -0.2) is 4.79 Å². The summed E-state index contributed by atoms with van der Waals surface area (Å²) >= 11 is 0. The van der Waals surface area contributed by atoms with Gasteiger partial charge in [0.15, 0.2) is 0 Å². The molecule has 1 aromatic heterocycles. The molecule has 3 N–H and O–H groups in total. The maximum atomic E-state index is 12.0. The minimum Gasteiger partial charge on any atom is -0.335 e. The van der Waals surface area contributed by atoms with Crippen molar-refractivity contribution >= 4 is 23.3 Å². The molecule has 3 amide bonds. The minimum absolute atomic E-state index is 0.199. The predicted octanol–water partition coefficient (Wildman–Crippen LogP) is 1.96. The quantitative estimate of drug-likeness (QED) is 0.806. The zero-order chi connectivity index (χ0) is 15.5. The van der Waals surface area contributed by atoms with E-state index >= 15 is 0 Å². The summed E-state index contributed by atoms with van der Waals surface area (Å²) in [5.41, 5.74) is 1.83. The third kappa shape index (κ3) is 3.63. The molecule has 7 heteroatoms. The van der Waals surface area contributed by atoms with Crippen LogP contribution in [0.1, 0.15) is 23.2 Å². The third-order valence-corrected chi connectivity index (χ3v) is 3.28. The number of hydrogen-bond acceptors (Lipinski definition) is 3. The van der Waals surface area contributed by atoms with E-state index < -0.39 is 0 Å². The highest BCUT2D eigenvalue weighted by atomic mass is 16.2. The van der Waals surface area contributed by atoms with E-state index in [0.29, 0.717) is 23.0 Å². The van der Waals surface area contributed by atoms with Crippen LogP contribution in [0.5, 0.6) is 0 Å². The molecule has 0 atom stereocenters. The molecule has 3 rings (SSSR count). The van der Waals surface area contributed by atoms with E-state index in [0.717, 1.165) is 12.8 Å². The topological polar surface area (TPSA) is 88.0 Å². The van der Waals surface area contributed by atoms with E-state index in [2.05, 4.69) is 21.0 Å². The van der Waals surface area contributed by atoms with Crippen LogP contribution in [0.4, 0.5) is 16.2 Å². The van der Waals surface area contributed by atoms with Gasteiger partial charge in [-0.15, -0.1) is 0 Å². The fourth-order valence-corrected chi connectivity index (χ4v) is 1.96. The first-order valence-corrected chi connectivity index (χ1v) is 7.08. The molecule has 114 valence electrons. The number of aryl methyl sites for hydroxylation is 1. The standard InChI is InChI=1S/C15H17N5O2/c1-20-9-10(8-16-20)14(21)17-11-2-4-12(5-3-11)18-15(22)19-13-6-7-13/h2-5,8-9,13H,6-7H2,1H3,(H,17,21)(H2,18,19,22). The van der Waals surface area contributed by atoms with Crippen molar-refractivity contribution in [3.05, 3.63) is 42.2 Å². The first-order valence-electron chi connectivity index (χ1n) is 7.08. The van der Waals surface area contributed by atoms with Crippen LogP contribution in [0, 0.1) is 0 Å². The van der Waals surface area contributed by atoms with Crippen molar-refractivity contribution in [3.8, 4) is 0 Å². The molecule has 0 radical (unpaired) electrons. The summed E-state index contributed by atoms with van der Waals surface area (Å²) < 4.78 is 1.57. The van der Waals surface area contributed by atoms with Crippen LogP contribution in [0.25, 0.3) is 0 Å². The van der Waals surface area contributed by atoms with Crippen molar-refractivity contribution in [3.63, 3.8) is 0 Å². The summed E-state index contributed by atoms with van der Waals surface area (Å²) in [4.78, 5) is 23.6. The lowest BCUT2D eigenvalue weighted by Gasteiger charge is -2.08. The number of aromatic nitrogens is 2. The molecule has 0 aliphatic heterocycles. The molecule has 2 aromatic rings. The molecule has 1 heterocycles. The number of carbonyl (C=O) groups is 2. The largest absolute Gasteiger partial charge is 0.335 e. The van der Waals surface area contributed by atoms with Gasteiger partial charge in [0.2, 0.25) is 0 Å². The Morgan fingerprint density at radius 1 is 1.14 bits per heavy atom. The Hall–Kier alpha value is -2.83. The Labute approximate surface area is 127 Å². The van der Waals surface area contributed by atoms with Gasteiger partial charge in [0.1, 0.15) is 0 Å². The van der Waals surface area contributed by atoms with E-state index in [4.69, 9.17) is 0 Å². The molecular weight excluding hydrogens is 282 g/mol. The van der Waals surface area contributed by atoms with E-state index in [-0.39, 0.29) is 11.9 Å². The summed E-state index contributed by atoms with van der Waals surface area (Å²) in [5.74, 6) is -0.222. The maximum Gasteiger partial charge on any atom is 0.319 e. The normalized spacial score (nSPS) is 13.5. The van der Waals surface area contributed by atoms with Crippen LogP contribution in [0.15, 0.2) is 36.7 Å². The molecule has 1 aromatic carbocycles. The highest BCUT2D eigenvalue weighted by Gasteiger charge is 2.23. The van der Waals surface area contributed by atoms with Gasteiger partial charge in [-0.1, -0.05) is 0 Å². The van der Waals surface area contributed by atoms with E-state index in [1.165, 1.54) is 6.20 Å². The molecule has 1 saturated carbocycles. The molecule has 0 spiro atoms. The number of hydrogen-bond donors (Lipinski definition) is 3. The second-order valence-corrected chi connectivity index (χ2v) is 5.31. The Kier molecular flexibility index (Phi) is 3.78. The Balaban J connectivity index is 1.56. The van der Waals surface area contributed by atoms with Crippen molar-refractivity contribution in [1.82, 2.24) is 15.1 Å². The fourth-order valence-electron chi connectivity index (χ4n) is 1.96. The zero-order valence-electron chi connectivity index (χ0n) is 12.2. The number of nitrogens with zero attached hydrogens (tertiary/aromatic N) is 2. The van der Waals surface area contributed by atoms with Gasteiger partial charge in [-0.05, 0) is 37.1 Å². The highest BCUT2D eigenvalue weighted by Crippen LogP contribution is 2.19. The van der Waals surface area contributed by atoms with E-state index in [1.54, 1.807) is 42.2 Å². The van der Waals surface area contributed by atoms with Crippen LogP contribution >= 0.6 is 0 Å². The van der Waals surface area contributed by atoms with Crippen LogP contribution < -0.4 is 16.0 Å². The molecular formula is C15H17N5O2. The number of nitrogens with one attached hydrogen (secondary N) is 3. The fraction of sp³-hybridized carbons (Fsp3) is 0.267. The van der Waals surface area contributed by atoms with Crippen molar-refractivity contribution in [2.24, 2.45) is 7.05 Å². The van der Waals surface area contributed by atoms with Gasteiger partial charge in [-0.2, -0.15) is 5.10 Å². The number of anilines is 2. The van der Waals surface area contributed by atoms with Crippen LogP contribution in [0.3, 0.4) is 0 Å². The lowest BCUT2D eigenvalue weighted by Crippen LogP contribution is -2.30. The van der Waals surface area contributed by atoms with Gasteiger partial charge in [0, 0.05) is 30.7 Å². The van der Waals surface area contributed by atoms with E-state index in [1.807, 2.05) is 0 Å². The number of urea groups is 1. The van der Waals surface area contributed by atoms with Gasteiger partial charge in [0.05, 0.1) is 11.8 Å². The van der Waals surface area contributed by atoms with Gasteiger partial charge >= 0.3 is 6.03 Å². The van der Waals surface area contributed by atoms with Crippen molar-refractivity contribution < 1.29 is 9.59 Å². The summed E-state index contributed by atoms with van der Waals surface area (Å²) in [7, 11) is 1.75. The Morgan fingerprint density at radius 3 is 2.32 bits per heavy atom. The summed E-state index contributed by atoms with van der Waals surface area (Å²) in [6, 6.07) is 7.08. The summed E-state index contributed by atoms with van der Waals surface area (Å²) in [6.45, 7) is 0. The molecule has 22 heavy (non-hydrogen) atoms. The van der Waals surface area contributed by atoms with Crippen LogP contribution in [0.2, 0.25) is 0 Å². The first-order chi connectivity index (χ1) is 10.6. The number of amides is 3. The maximum absolute atomic E-state index is 12.0. The summed E-state index contributed by atoms with van der Waals surface area (Å²) in [6.07, 6.45) is 5.25. The highest BCUT2D eigenvalue weighted by molar-refractivity contribution is 6.04. The van der Waals surface area contributed by atoms with Crippen LogP contribution in [-0.4, -0.2) is 27.8 Å². The van der Waals surface area contributed by atoms with Gasteiger partial charge < -0.3 is 16.0 Å². The molecule has 0 bridgehead atoms. The molecule has 1 aliphatic rings. The lowest BCUT2D eigenvalue weighted by molar-refractivity contribution is 0.102. The number of benzene rings is 1. The average Bonchev–Trinajstić information content (AvgIpc) is 3.18.